The summed E-state index contributed by atoms with van der Waals surface area (Å²) in [7, 11) is 0. The molecule has 0 fully saturated rings. The average molecular weight is 279 g/mol. The van der Waals surface area contributed by atoms with E-state index < -0.39 is 0 Å². The van der Waals surface area contributed by atoms with Crippen LogP contribution < -0.4 is 5.32 Å². The molecule has 0 aliphatic rings. The molecule has 106 valence electrons. The van der Waals surface area contributed by atoms with E-state index in [2.05, 4.69) is 23.5 Å². The summed E-state index contributed by atoms with van der Waals surface area (Å²) in [5.74, 6) is 0.890. The third-order valence-corrected chi connectivity index (χ3v) is 3.60. The fourth-order valence-electron chi connectivity index (χ4n) is 2.53. The minimum atomic E-state index is -0.191. The number of amides is 1. The van der Waals surface area contributed by atoms with Gasteiger partial charge in [0.15, 0.2) is 5.76 Å². The van der Waals surface area contributed by atoms with Gasteiger partial charge in [-0.15, -0.1) is 0 Å². The van der Waals surface area contributed by atoms with E-state index in [1.807, 2.05) is 38.1 Å². The largest absolute Gasteiger partial charge is 0.456 e. The zero-order valence-electron chi connectivity index (χ0n) is 12.1. The molecule has 1 N–H and O–H groups in total. The van der Waals surface area contributed by atoms with Crippen LogP contribution in [-0.2, 0) is 0 Å². The number of nitrogens with one attached hydrogen (secondary N) is 1. The van der Waals surface area contributed by atoms with Crippen LogP contribution in [0, 0.1) is 6.92 Å². The molecule has 3 aromatic rings. The number of hydrogen-bond acceptors (Lipinski definition) is 2. The molecule has 0 spiro atoms. The zero-order chi connectivity index (χ0) is 14.8. The second-order valence-electron chi connectivity index (χ2n) is 5.17. The number of fused-ring (bicyclic) bond motifs is 1. The lowest BCUT2D eigenvalue weighted by Gasteiger charge is -2.16. The summed E-state index contributed by atoms with van der Waals surface area (Å²) >= 11 is 0. The smallest absolute Gasteiger partial charge is 0.287 e. The molecule has 0 unspecified atom stereocenters. The van der Waals surface area contributed by atoms with Gasteiger partial charge in [0.2, 0.25) is 0 Å². The molecule has 0 radical (unpaired) electrons. The van der Waals surface area contributed by atoms with Crippen LogP contribution >= 0.6 is 0 Å². The maximum Gasteiger partial charge on any atom is 0.287 e. The predicted molar refractivity (Wildman–Crippen MR) is 83.3 cm³/mol. The molecule has 3 rings (SSSR count). The maximum atomic E-state index is 12.2. The normalized spacial score (nSPS) is 12.3. The predicted octanol–water partition coefficient (Wildman–Crippen LogP) is 4.23. The van der Waals surface area contributed by atoms with Crippen molar-refractivity contribution in [3.05, 3.63) is 71.7 Å². The first-order valence-electron chi connectivity index (χ1n) is 7.00. The maximum absolute atomic E-state index is 12.2. The second-order valence-corrected chi connectivity index (χ2v) is 5.17. The highest BCUT2D eigenvalue weighted by Crippen LogP contribution is 2.24. The molecule has 2 aromatic carbocycles. The summed E-state index contributed by atoms with van der Waals surface area (Å²) in [6.45, 7) is 3.81. The van der Waals surface area contributed by atoms with Gasteiger partial charge in [-0.05, 0) is 42.3 Å². The number of aryl methyl sites for hydroxylation is 1. The van der Waals surface area contributed by atoms with Crippen LogP contribution in [0.3, 0.4) is 0 Å². The van der Waals surface area contributed by atoms with E-state index in [0.29, 0.717) is 5.76 Å². The highest BCUT2D eigenvalue weighted by atomic mass is 16.3. The number of hydrogen-bond donors (Lipinski definition) is 1. The fourth-order valence-corrected chi connectivity index (χ4v) is 2.53. The van der Waals surface area contributed by atoms with Crippen molar-refractivity contribution in [2.24, 2.45) is 0 Å². The standard InChI is InChI=1S/C18H17NO2/c1-12-10-11-17(21-12)18(20)19-13(2)15-9-5-7-14-6-3-4-8-16(14)15/h3-11,13H,1-2H3,(H,19,20)/t13-/m0/s1. The number of carbonyl (C=O) groups excluding carboxylic acids is 1. The van der Waals surface area contributed by atoms with Gasteiger partial charge in [0.05, 0.1) is 6.04 Å². The van der Waals surface area contributed by atoms with Crippen molar-refractivity contribution in [3.8, 4) is 0 Å². The summed E-state index contributed by atoms with van der Waals surface area (Å²) in [4.78, 5) is 12.2. The van der Waals surface area contributed by atoms with Gasteiger partial charge in [-0.2, -0.15) is 0 Å². The summed E-state index contributed by atoms with van der Waals surface area (Å²) in [6, 6.07) is 17.7. The quantitative estimate of drug-likeness (QED) is 0.779. The van der Waals surface area contributed by atoms with Crippen LogP contribution in [0.25, 0.3) is 10.8 Å². The Morgan fingerprint density at radius 3 is 2.57 bits per heavy atom. The lowest BCUT2D eigenvalue weighted by Crippen LogP contribution is -2.26. The van der Waals surface area contributed by atoms with Crippen LogP contribution in [0.1, 0.15) is 34.8 Å². The van der Waals surface area contributed by atoms with E-state index in [0.717, 1.165) is 16.7 Å². The van der Waals surface area contributed by atoms with Crippen molar-refractivity contribution in [3.63, 3.8) is 0 Å². The summed E-state index contributed by atoms with van der Waals surface area (Å²) in [5.41, 5.74) is 1.10. The first-order chi connectivity index (χ1) is 10.1. The molecule has 21 heavy (non-hydrogen) atoms. The molecular formula is C18H17NO2. The summed E-state index contributed by atoms with van der Waals surface area (Å²) < 4.78 is 5.36. The van der Waals surface area contributed by atoms with Gasteiger partial charge in [-0.3, -0.25) is 4.79 Å². The van der Waals surface area contributed by atoms with Gasteiger partial charge in [-0.1, -0.05) is 42.5 Å². The molecule has 0 aliphatic carbocycles. The molecule has 3 nitrogen and oxygen atoms in total. The number of benzene rings is 2. The van der Waals surface area contributed by atoms with E-state index in [9.17, 15) is 4.79 Å². The Morgan fingerprint density at radius 2 is 1.81 bits per heavy atom. The molecule has 1 atom stereocenters. The van der Waals surface area contributed by atoms with Crippen LogP contribution in [0.4, 0.5) is 0 Å². The second kappa shape index (κ2) is 5.44. The lowest BCUT2D eigenvalue weighted by molar-refractivity contribution is 0.0911. The summed E-state index contributed by atoms with van der Waals surface area (Å²) in [6.07, 6.45) is 0. The molecule has 1 amide bonds. The van der Waals surface area contributed by atoms with Gasteiger partial charge in [0, 0.05) is 0 Å². The topological polar surface area (TPSA) is 42.2 Å². The van der Waals surface area contributed by atoms with Crippen molar-refractivity contribution in [1.82, 2.24) is 5.32 Å². The Bertz CT molecular complexity index is 783. The van der Waals surface area contributed by atoms with Gasteiger partial charge < -0.3 is 9.73 Å². The van der Waals surface area contributed by atoms with Gasteiger partial charge in [-0.25, -0.2) is 0 Å². The average Bonchev–Trinajstić information content (AvgIpc) is 2.93. The molecular weight excluding hydrogens is 262 g/mol. The van der Waals surface area contributed by atoms with Crippen LogP contribution in [0.5, 0.6) is 0 Å². The molecule has 0 bridgehead atoms. The SMILES string of the molecule is Cc1ccc(C(=O)N[C@@H](C)c2cccc3ccccc23)o1. The molecule has 1 aromatic heterocycles. The first-order valence-corrected chi connectivity index (χ1v) is 7.00. The van der Waals surface area contributed by atoms with E-state index >= 15 is 0 Å². The lowest BCUT2D eigenvalue weighted by atomic mass is 9.99. The van der Waals surface area contributed by atoms with Gasteiger partial charge >= 0.3 is 0 Å². The van der Waals surface area contributed by atoms with Gasteiger partial charge in [0.1, 0.15) is 5.76 Å². The highest BCUT2D eigenvalue weighted by Gasteiger charge is 2.15. The van der Waals surface area contributed by atoms with Crippen molar-refractivity contribution < 1.29 is 9.21 Å². The van der Waals surface area contributed by atoms with E-state index in [1.54, 1.807) is 12.1 Å². The van der Waals surface area contributed by atoms with Crippen molar-refractivity contribution in [2.45, 2.75) is 19.9 Å². The van der Waals surface area contributed by atoms with Gasteiger partial charge in [0.25, 0.3) is 5.91 Å². The van der Waals surface area contributed by atoms with Crippen molar-refractivity contribution in [1.29, 1.82) is 0 Å². The minimum Gasteiger partial charge on any atom is -0.456 e. The Morgan fingerprint density at radius 1 is 1.05 bits per heavy atom. The third kappa shape index (κ3) is 2.68. The molecule has 0 aliphatic heterocycles. The van der Waals surface area contributed by atoms with Crippen molar-refractivity contribution in [2.75, 3.05) is 0 Å². The summed E-state index contributed by atoms with van der Waals surface area (Å²) in [5, 5.41) is 5.31. The fraction of sp³-hybridized carbons (Fsp3) is 0.167. The van der Waals surface area contributed by atoms with Crippen molar-refractivity contribution >= 4 is 16.7 Å². The van der Waals surface area contributed by atoms with E-state index in [-0.39, 0.29) is 11.9 Å². The Labute approximate surface area is 123 Å². The number of carbonyl (C=O) groups is 1. The zero-order valence-corrected chi connectivity index (χ0v) is 12.1. The number of rotatable bonds is 3. The van der Waals surface area contributed by atoms with Crippen LogP contribution in [-0.4, -0.2) is 5.91 Å². The Balaban J connectivity index is 1.87. The number of furan rings is 1. The Kier molecular flexibility index (Phi) is 3.48. The Hall–Kier alpha value is -2.55. The molecule has 0 saturated carbocycles. The minimum absolute atomic E-state index is 0.0889. The first kappa shape index (κ1) is 13.4. The molecule has 1 heterocycles. The third-order valence-electron chi connectivity index (χ3n) is 3.60. The monoisotopic (exact) mass is 279 g/mol. The van der Waals surface area contributed by atoms with E-state index in [4.69, 9.17) is 4.42 Å². The van der Waals surface area contributed by atoms with E-state index in [1.165, 1.54) is 5.39 Å². The van der Waals surface area contributed by atoms with Crippen LogP contribution in [0.15, 0.2) is 59.0 Å². The molecule has 3 heteroatoms. The van der Waals surface area contributed by atoms with Crippen LogP contribution in [0.2, 0.25) is 0 Å². The highest BCUT2D eigenvalue weighted by molar-refractivity contribution is 5.92. The molecule has 0 saturated heterocycles.